The lowest BCUT2D eigenvalue weighted by Gasteiger charge is -2.24. The summed E-state index contributed by atoms with van der Waals surface area (Å²) in [7, 11) is 0. The standard InChI is InChI=1S/C20H24O2/c1-14-11-20(22)18(15-7-3-2-4-8-15)13-17(14)12-16-9-5-6-10-19(16)21/h5-6,9-11,13,15,21-22H,2-4,7-8,12H2,1H3. The molecule has 1 saturated carbocycles. The van der Waals surface area contributed by atoms with Gasteiger partial charge in [0.2, 0.25) is 0 Å². The lowest BCUT2D eigenvalue weighted by Crippen LogP contribution is -2.06. The second-order valence-electron chi connectivity index (χ2n) is 6.48. The zero-order valence-corrected chi connectivity index (χ0v) is 13.2. The summed E-state index contributed by atoms with van der Waals surface area (Å²) in [6, 6.07) is 11.5. The van der Waals surface area contributed by atoms with Gasteiger partial charge in [0.25, 0.3) is 0 Å². The van der Waals surface area contributed by atoms with Crippen LogP contribution in [0.1, 0.15) is 60.3 Å². The third-order valence-electron chi connectivity index (χ3n) is 4.90. The van der Waals surface area contributed by atoms with Gasteiger partial charge in [0, 0.05) is 6.42 Å². The molecule has 2 aromatic rings. The lowest BCUT2D eigenvalue weighted by atomic mass is 9.82. The van der Waals surface area contributed by atoms with E-state index < -0.39 is 0 Å². The lowest BCUT2D eigenvalue weighted by molar-refractivity contribution is 0.414. The van der Waals surface area contributed by atoms with Crippen molar-refractivity contribution >= 4 is 0 Å². The molecule has 3 rings (SSSR count). The number of benzene rings is 2. The summed E-state index contributed by atoms with van der Waals surface area (Å²) in [5, 5.41) is 20.3. The molecule has 2 aromatic carbocycles. The Bertz CT molecular complexity index is 655. The molecule has 116 valence electrons. The molecule has 0 amide bonds. The van der Waals surface area contributed by atoms with Gasteiger partial charge in [-0.2, -0.15) is 0 Å². The average molecular weight is 296 g/mol. The Hall–Kier alpha value is -1.96. The SMILES string of the molecule is Cc1cc(O)c(C2CCCCC2)cc1Cc1ccccc1O. The largest absolute Gasteiger partial charge is 0.508 e. The Morgan fingerprint density at radius 2 is 1.64 bits per heavy atom. The fourth-order valence-corrected chi connectivity index (χ4v) is 3.55. The van der Waals surface area contributed by atoms with E-state index in [1.165, 1.54) is 37.7 Å². The quantitative estimate of drug-likeness (QED) is 0.832. The molecule has 0 radical (unpaired) electrons. The topological polar surface area (TPSA) is 40.5 Å². The molecule has 2 heteroatoms. The van der Waals surface area contributed by atoms with E-state index in [1.807, 2.05) is 31.2 Å². The zero-order chi connectivity index (χ0) is 15.5. The van der Waals surface area contributed by atoms with Gasteiger partial charge in [-0.15, -0.1) is 0 Å². The minimum absolute atomic E-state index is 0.342. The van der Waals surface area contributed by atoms with Crippen molar-refractivity contribution in [2.75, 3.05) is 0 Å². The Morgan fingerprint density at radius 3 is 2.36 bits per heavy atom. The first-order chi connectivity index (χ1) is 10.6. The average Bonchev–Trinajstić information content (AvgIpc) is 2.53. The van der Waals surface area contributed by atoms with Crippen LogP contribution in [0.4, 0.5) is 0 Å². The van der Waals surface area contributed by atoms with Crippen LogP contribution in [0.2, 0.25) is 0 Å². The first-order valence-corrected chi connectivity index (χ1v) is 8.24. The first kappa shape index (κ1) is 15.0. The van der Waals surface area contributed by atoms with Crippen LogP contribution in [0.15, 0.2) is 36.4 Å². The van der Waals surface area contributed by atoms with Crippen LogP contribution in [0, 0.1) is 6.92 Å². The number of para-hydroxylation sites is 1. The predicted octanol–water partition coefficient (Wildman–Crippen LogP) is 5.04. The van der Waals surface area contributed by atoms with Crippen LogP contribution in [-0.4, -0.2) is 10.2 Å². The Labute approximate surface area is 132 Å². The summed E-state index contributed by atoms with van der Waals surface area (Å²) in [4.78, 5) is 0. The minimum Gasteiger partial charge on any atom is -0.508 e. The monoisotopic (exact) mass is 296 g/mol. The van der Waals surface area contributed by atoms with E-state index in [2.05, 4.69) is 6.07 Å². The second kappa shape index (κ2) is 6.43. The van der Waals surface area contributed by atoms with Crippen molar-refractivity contribution in [3.63, 3.8) is 0 Å². The smallest absolute Gasteiger partial charge is 0.119 e. The van der Waals surface area contributed by atoms with Gasteiger partial charge in [-0.05, 0) is 60.1 Å². The van der Waals surface area contributed by atoms with E-state index in [9.17, 15) is 10.2 Å². The number of rotatable bonds is 3. The van der Waals surface area contributed by atoms with Crippen LogP contribution >= 0.6 is 0 Å². The molecule has 0 aromatic heterocycles. The summed E-state index contributed by atoms with van der Waals surface area (Å²) in [6.07, 6.45) is 6.88. The molecule has 0 bridgehead atoms. The molecular formula is C20H24O2. The molecule has 1 fully saturated rings. The van der Waals surface area contributed by atoms with E-state index in [0.29, 0.717) is 23.8 Å². The molecule has 0 unspecified atom stereocenters. The highest BCUT2D eigenvalue weighted by atomic mass is 16.3. The highest BCUT2D eigenvalue weighted by molar-refractivity contribution is 5.46. The summed E-state index contributed by atoms with van der Waals surface area (Å²) < 4.78 is 0. The summed E-state index contributed by atoms with van der Waals surface area (Å²) in [6.45, 7) is 2.03. The maximum absolute atomic E-state index is 10.3. The van der Waals surface area contributed by atoms with Gasteiger partial charge in [-0.3, -0.25) is 0 Å². The summed E-state index contributed by atoms with van der Waals surface area (Å²) in [5.41, 5.74) is 4.31. The Morgan fingerprint density at radius 1 is 0.909 bits per heavy atom. The Balaban J connectivity index is 1.92. The van der Waals surface area contributed by atoms with Gasteiger partial charge in [0.15, 0.2) is 0 Å². The molecular weight excluding hydrogens is 272 g/mol. The van der Waals surface area contributed by atoms with Crippen molar-refractivity contribution in [3.8, 4) is 11.5 Å². The molecule has 2 N–H and O–H groups in total. The van der Waals surface area contributed by atoms with E-state index in [1.54, 1.807) is 6.07 Å². The van der Waals surface area contributed by atoms with E-state index in [-0.39, 0.29) is 0 Å². The van der Waals surface area contributed by atoms with Crippen LogP contribution in [0.5, 0.6) is 11.5 Å². The molecule has 2 nitrogen and oxygen atoms in total. The highest BCUT2D eigenvalue weighted by Gasteiger charge is 2.20. The van der Waals surface area contributed by atoms with Crippen molar-refractivity contribution in [1.29, 1.82) is 0 Å². The van der Waals surface area contributed by atoms with Crippen LogP contribution in [0.25, 0.3) is 0 Å². The number of aryl methyl sites for hydroxylation is 1. The summed E-state index contributed by atoms with van der Waals surface area (Å²) in [5.74, 6) is 1.26. The van der Waals surface area contributed by atoms with Gasteiger partial charge in [0.05, 0.1) is 0 Å². The van der Waals surface area contributed by atoms with Crippen molar-refractivity contribution in [2.45, 2.75) is 51.4 Å². The normalized spacial score (nSPS) is 15.9. The van der Waals surface area contributed by atoms with Gasteiger partial charge >= 0.3 is 0 Å². The third kappa shape index (κ3) is 3.11. The third-order valence-corrected chi connectivity index (χ3v) is 4.90. The zero-order valence-electron chi connectivity index (χ0n) is 13.2. The van der Waals surface area contributed by atoms with E-state index >= 15 is 0 Å². The van der Waals surface area contributed by atoms with Crippen LogP contribution < -0.4 is 0 Å². The predicted molar refractivity (Wildman–Crippen MR) is 89.6 cm³/mol. The fraction of sp³-hybridized carbons (Fsp3) is 0.400. The first-order valence-electron chi connectivity index (χ1n) is 8.24. The van der Waals surface area contributed by atoms with Gasteiger partial charge in [0.1, 0.15) is 11.5 Å². The van der Waals surface area contributed by atoms with Crippen LogP contribution in [-0.2, 0) is 6.42 Å². The molecule has 0 saturated heterocycles. The molecule has 1 aliphatic carbocycles. The second-order valence-corrected chi connectivity index (χ2v) is 6.48. The van der Waals surface area contributed by atoms with Gasteiger partial charge < -0.3 is 10.2 Å². The number of phenolic OH excluding ortho intramolecular Hbond substituents is 2. The molecule has 0 heterocycles. The number of aromatic hydroxyl groups is 2. The molecule has 22 heavy (non-hydrogen) atoms. The van der Waals surface area contributed by atoms with Gasteiger partial charge in [-0.1, -0.05) is 43.5 Å². The highest BCUT2D eigenvalue weighted by Crippen LogP contribution is 2.38. The van der Waals surface area contributed by atoms with E-state index in [4.69, 9.17) is 0 Å². The summed E-state index contributed by atoms with van der Waals surface area (Å²) >= 11 is 0. The van der Waals surface area contributed by atoms with E-state index in [0.717, 1.165) is 16.7 Å². The van der Waals surface area contributed by atoms with Crippen molar-refractivity contribution in [1.82, 2.24) is 0 Å². The fourth-order valence-electron chi connectivity index (χ4n) is 3.55. The molecule has 0 aliphatic heterocycles. The minimum atomic E-state index is 0.342. The maximum atomic E-state index is 10.3. The Kier molecular flexibility index (Phi) is 4.37. The number of phenols is 2. The van der Waals surface area contributed by atoms with Crippen molar-refractivity contribution in [3.05, 3.63) is 58.7 Å². The maximum Gasteiger partial charge on any atom is 0.119 e. The molecule has 0 atom stereocenters. The van der Waals surface area contributed by atoms with Gasteiger partial charge in [-0.25, -0.2) is 0 Å². The molecule has 0 spiro atoms. The number of hydrogen-bond donors (Lipinski definition) is 2. The van der Waals surface area contributed by atoms with Crippen molar-refractivity contribution in [2.24, 2.45) is 0 Å². The van der Waals surface area contributed by atoms with Crippen molar-refractivity contribution < 1.29 is 10.2 Å². The molecule has 1 aliphatic rings. The van der Waals surface area contributed by atoms with Crippen LogP contribution in [0.3, 0.4) is 0 Å². The number of hydrogen-bond acceptors (Lipinski definition) is 2.